The highest BCUT2D eigenvalue weighted by molar-refractivity contribution is 5.28. The van der Waals surface area contributed by atoms with Crippen LogP contribution in [0.5, 0.6) is 0 Å². The van der Waals surface area contributed by atoms with E-state index in [2.05, 4.69) is 12.0 Å². The predicted molar refractivity (Wildman–Crippen MR) is 64.8 cm³/mol. The van der Waals surface area contributed by atoms with Gasteiger partial charge in [-0.25, -0.2) is 0 Å². The summed E-state index contributed by atoms with van der Waals surface area (Å²) in [4.78, 5) is 0. The van der Waals surface area contributed by atoms with Crippen molar-refractivity contribution in [2.45, 2.75) is 31.5 Å². The second kappa shape index (κ2) is 4.23. The Morgan fingerprint density at radius 1 is 1.50 bits per heavy atom. The van der Waals surface area contributed by atoms with Crippen LogP contribution >= 0.6 is 0 Å². The third kappa shape index (κ3) is 2.08. The molecule has 86 valence electrons. The van der Waals surface area contributed by atoms with Crippen LogP contribution in [0.25, 0.3) is 0 Å². The van der Waals surface area contributed by atoms with Gasteiger partial charge in [-0.3, -0.25) is 4.68 Å². The number of aryl methyl sites for hydroxylation is 1. The fourth-order valence-electron chi connectivity index (χ4n) is 1.87. The standard InChI is InChI=1S/C12H18N4/c1-2-16-8-6-10(15-16)9-12(14)7-4-3-5-11(12)13/h3-8,11H,2,9,13-14H2,1H3. The van der Waals surface area contributed by atoms with Crippen LogP contribution in [0.15, 0.2) is 36.6 Å². The molecule has 4 N–H and O–H groups in total. The summed E-state index contributed by atoms with van der Waals surface area (Å²) in [5.74, 6) is 0. The Kier molecular flexibility index (Phi) is 2.94. The van der Waals surface area contributed by atoms with Gasteiger partial charge in [0.25, 0.3) is 0 Å². The van der Waals surface area contributed by atoms with Gasteiger partial charge >= 0.3 is 0 Å². The molecule has 4 heteroatoms. The Hall–Kier alpha value is -1.39. The quantitative estimate of drug-likeness (QED) is 0.780. The van der Waals surface area contributed by atoms with E-state index in [4.69, 9.17) is 11.5 Å². The molecular weight excluding hydrogens is 200 g/mol. The summed E-state index contributed by atoms with van der Waals surface area (Å²) in [5, 5.41) is 4.43. The van der Waals surface area contributed by atoms with Crippen LogP contribution in [-0.4, -0.2) is 21.4 Å². The molecular formula is C12H18N4. The largest absolute Gasteiger partial charge is 0.323 e. The minimum Gasteiger partial charge on any atom is -0.323 e. The van der Waals surface area contributed by atoms with Gasteiger partial charge in [-0.15, -0.1) is 0 Å². The summed E-state index contributed by atoms with van der Waals surface area (Å²) >= 11 is 0. The van der Waals surface area contributed by atoms with Crippen molar-refractivity contribution in [2.24, 2.45) is 11.5 Å². The minimum atomic E-state index is -0.512. The molecule has 0 amide bonds. The van der Waals surface area contributed by atoms with Gasteiger partial charge in [-0.05, 0) is 13.0 Å². The molecule has 1 aliphatic carbocycles. The van der Waals surface area contributed by atoms with Crippen LogP contribution in [0.3, 0.4) is 0 Å². The first kappa shape index (κ1) is 11.1. The molecule has 0 radical (unpaired) electrons. The average Bonchev–Trinajstić information content (AvgIpc) is 2.70. The zero-order valence-electron chi connectivity index (χ0n) is 9.50. The number of nitrogens with zero attached hydrogens (tertiary/aromatic N) is 2. The Labute approximate surface area is 95.6 Å². The maximum Gasteiger partial charge on any atom is 0.0646 e. The number of nitrogens with two attached hydrogens (primary N) is 2. The number of aromatic nitrogens is 2. The maximum atomic E-state index is 6.27. The van der Waals surface area contributed by atoms with E-state index in [1.165, 1.54) is 0 Å². The minimum absolute atomic E-state index is 0.149. The molecule has 4 nitrogen and oxygen atoms in total. The lowest BCUT2D eigenvalue weighted by Gasteiger charge is -2.31. The van der Waals surface area contributed by atoms with Crippen molar-refractivity contribution in [3.05, 3.63) is 42.3 Å². The van der Waals surface area contributed by atoms with Gasteiger partial charge in [0, 0.05) is 25.2 Å². The molecule has 16 heavy (non-hydrogen) atoms. The summed E-state index contributed by atoms with van der Waals surface area (Å²) in [5.41, 5.74) is 12.7. The fraction of sp³-hybridized carbons (Fsp3) is 0.417. The molecule has 2 rings (SSSR count). The van der Waals surface area contributed by atoms with E-state index in [9.17, 15) is 0 Å². The average molecular weight is 218 g/mol. The van der Waals surface area contributed by atoms with E-state index >= 15 is 0 Å². The van der Waals surface area contributed by atoms with Crippen molar-refractivity contribution in [3.8, 4) is 0 Å². The molecule has 0 fully saturated rings. The van der Waals surface area contributed by atoms with E-state index in [0.717, 1.165) is 12.2 Å². The summed E-state index contributed by atoms with van der Waals surface area (Å²) in [6.45, 7) is 2.93. The first-order valence-corrected chi connectivity index (χ1v) is 5.57. The Morgan fingerprint density at radius 2 is 2.31 bits per heavy atom. The molecule has 0 saturated carbocycles. The molecule has 1 aliphatic rings. The SMILES string of the molecule is CCn1ccc(CC2(N)C=CC=CC2N)n1. The normalized spacial score (nSPS) is 28.6. The van der Waals surface area contributed by atoms with Gasteiger partial charge in [-0.2, -0.15) is 5.10 Å². The van der Waals surface area contributed by atoms with E-state index in [1.807, 2.05) is 41.2 Å². The lowest BCUT2D eigenvalue weighted by Crippen LogP contribution is -2.55. The molecule has 0 bridgehead atoms. The molecule has 1 aromatic heterocycles. The molecule has 0 saturated heterocycles. The van der Waals surface area contributed by atoms with Crippen molar-refractivity contribution < 1.29 is 0 Å². The van der Waals surface area contributed by atoms with Gasteiger partial charge in [0.05, 0.1) is 11.2 Å². The van der Waals surface area contributed by atoms with E-state index in [0.29, 0.717) is 6.42 Å². The van der Waals surface area contributed by atoms with Gasteiger partial charge in [0.2, 0.25) is 0 Å². The van der Waals surface area contributed by atoms with Gasteiger partial charge in [-0.1, -0.05) is 24.3 Å². The van der Waals surface area contributed by atoms with Crippen molar-refractivity contribution in [3.63, 3.8) is 0 Å². The van der Waals surface area contributed by atoms with Gasteiger partial charge in [0.1, 0.15) is 0 Å². The molecule has 0 aliphatic heterocycles. The lowest BCUT2D eigenvalue weighted by atomic mass is 9.84. The lowest BCUT2D eigenvalue weighted by molar-refractivity contribution is 0.458. The van der Waals surface area contributed by atoms with Crippen LogP contribution in [0.4, 0.5) is 0 Å². The van der Waals surface area contributed by atoms with Crippen molar-refractivity contribution in [2.75, 3.05) is 0 Å². The smallest absolute Gasteiger partial charge is 0.0646 e. The summed E-state index contributed by atoms with van der Waals surface area (Å²) < 4.78 is 1.90. The van der Waals surface area contributed by atoms with Gasteiger partial charge < -0.3 is 11.5 Å². The van der Waals surface area contributed by atoms with Gasteiger partial charge in [0.15, 0.2) is 0 Å². The second-order valence-corrected chi connectivity index (χ2v) is 4.22. The topological polar surface area (TPSA) is 69.9 Å². The zero-order chi connectivity index (χ0) is 11.6. The van der Waals surface area contributed by atoms with E-state index < -0.39 is 5.54 Å². The van der Waals surface area contributed by atoms with Crippen LogP contribution in [-0.2, 0) is 13.0 Å². The first-order valence-electron chi connectivity index (χ1n) is 5.57. The van der Waals surface area contributed by atoms with E-state index in [-0.39, 0.29) is 6.04 Å². The third-order valence-corrected chi connectivity index (χ3v) is 2.96. The number of rotatable bonds is 3. The summed E-state index contributed by atoms with van der Waals surface area (Å²) in [6.07, 6.45) is 10.4. The highest BCUT2D eigenvalue weighted by Crippen LogP contribution is 2.18. The molecule has 0 spiro atoms. The summed E-state index contributed by atoms with van der Waals surface area (Å²) in [7, 11) is 0. The first-order chi connectivity index (χ1) is 7.64. The van der Waals surface area contributed by atoms with Crippen molar-refractivity contribution in [1.29, 1.82) is 0 Å². The molecule has 1 aromatic rings. The molecule has 0 aromatic carbocycles. The van der Waals surface area contributed by atoms with E-state index in [1.54, 1.807) is 0 Å². The molecule has 2 unspecified atom stereocenters. The van der Waals surface area contributed by atoms with Crippen molar-refractivity contribution >= 4 is 0 Å². The number of hydrogen-bond donors (Lipinski definition) is 2. The van der Waals surface area contributed by atoms with Crippen LogP contribution in [0.1, 0.15) is 12.6 Å². The highest BCUT2D eigenvalue weighted by atomic mass is 15.3. The van der Waals surface area contributed by atoms with Crippen LogP contribution in [0, 0.1) is 0 Å². The monoisotopic (exact) mass is 218 g/mol. The molecule has 2 atom stereocenters. The summed E-state index contributed by atoms with van der Waals surface area (Å²) in [6, 6.07) is 1.85. The van der Waals surface area contributed by atoms with Crippen LogP contribution < -0.4 is 11.5 Å². The Morgan fingerprint density at radius 3 is 2.94 bits per heavy atom. The molecule has 1 heterocycles. The predicted octanol–water partition coefficient (Wildman–Crippen LogP) is 0.596. The Balaban J connectivity index is 2.14. The Bertz CT molecular complexity index is 418. The number of allylic oxidation sites excluding steroid dienone is 2. The fourth-order valence-corrected chi connectivity index (χ4v) is 1.87. The zero-order valence-corrected chi connectivity index (χ0v) is 9.50. The van der Waals surface area contributed by atoms with Crippen LogP contribution in [0.2, 0.25) is 0 Å². The van der Waals surface area contributed by atoms with Crippen molar-refractivity contribution in [1.82, 2.24) is 9.78 Å². The third-order valence-electron chi connectivity index (χ3n) is 2.96. The number of hydrogen-bond acceptors (Lipinski definition) is 3. The highest BCUT2D eigenvalue weighted by Gasteiger charge is 2.30. The second-order valence-electron chi connectivity index (χ2n) is 4.22. The maximum absolute atomic E-state index is 6.27.